The third-order valence-electron chi connectivity index (χ3n) is 3.12. The van der Waals surface area contributed by atoms with Crippen LogP contribution in [0, 0.1) is 0 Å². The minimum atomic E-state index is -0.108. The molecule has 0 radical (unpaired) electrons. The van der Waals surface area contributed by atoms with Crippen molar-refractivity contribution >= 4 is 39.1 Å². The molecular formula is C14H10BrClN2O. The Balaban J connectivity index is 1.95. The molecule has 0 N–H and O–H groups in total. The van der Waals surface area contributed by atoms with Gasteiger partial charge in [0.25, 0.3) is 5.91 Å². The Morgan fingerprint density at radius 3 is 2.95 bits per heavy atom. The number of carbonyl (C=O) groups excluding carboxylic acids is 1. The molecule has 1 aliphatic rings. The largest absolute Gasteiger partial charge is 0.306 e. The Morgan fingerprint density at radius 2 is 2.16 bits per heavy atom. The summed E-state index contributed by atoms with van der Waals surface area (Å²) in [6, 6.07) is 9.20. The quantitative estimate of drug-likeness (QED) is 0.795. The van der Waals surface area contributed by atoms with Crippen molar-refractivity contribution in [1.29, 1.82) is 0 Å². The van der Waals surface area contributed by atoms with Crippen molar-refractivity contribution in [1.82, 2.24) is 4.98 Å². The van der Waals surface area contributed by atoms with E-state index in [0.717, 1.165) is 16.6 Å². The summed E-state index contributed by atoms with van der Waals surface area (Å²) in [5, 5.41) is 0.522. The van der Waals surface area contributed by atoms with Crippen molar-refractivity contribution < 1.29 is 4.79 Å². The van der Waals surface area contributed by atoms with E-state index in [-0.39, 0.29) is 5.91 Å². The summed E-state index contributed by atoms with van der Waals surface area (Å²) < 4.78 is 1.03. The number of pyridine rings is 1. The van der Waals surface area contributed by atoms with E-state index >= 15 is 0 Å². The van der Waals surface area contributed by atoms with Gasteiger partial charge in [-0.15, -0.1) is 0 Å². The third-order valence-corrected chi connectivity index (χ3v) is 3.85. The standard InChI is InChI=1S/C14H10BrClN2O/c15-10-1-2-13-9(7-10)4-6-18(13)14(19)12-8-11(16)3-5-17-12/h1-3,5,7-8H,4,6H2. The van der Waals surface area contributed by atoms with Crippen molar-refractivity contribution in [2.75, 3.05) is 11.4 Å². The van der Waals surface area contributed by atoms with E-state index in [1.807, 2.05) is 18.2 Å². The lowest BCUT2D eigenvalue weighted by Gasteiger charge is -2.16. The van der Waals surface area contributed by atoms with Crippen molar-refractivity contribution in [3.8, 4) is 0 Å². The molecule has 0 aliphatic carbocycles. The molecule has 19 heavy (non-hydrogen) atoms. The van der Waals surface area contributed by atoms with Gasteiger partial charge < -0.3 is 4.90 Å². The highest BCUT2D eigenvalue weighted by molar-refractivity contribution is 9.10. The third kappa shape index (κ3) is 2.38. The van der Waals surface area contributed by atoms with Crippen molar-refractivity contribution in [3.63, 3.8) is 0 Å². The molecule has 2 aromatic rings. The number of hydrogen-bond donors (Lipinski definition) is 0. The summed E-state index contributed by atoms with van der Waals surface area (Å²) >= 11 is 9.34. The Morgan fingerprint density at radius 1 is 1.32 bits per heavy atom. The zero-order valence-electron chi connectivity index (χ0n) is 9.94. The molecule has 1 aromatic carbocycles. The first-order valence-corrected chi connectivity index (χ1v) is 7.04. The molecule has 96 valence electrons. The molecule has 1 aromatic heterocycles. The molecule has 0 bridgehead atoms. The van der Waals surface area contributed by atoms with Gasteiger partial charge in [0.15, 0.2) is 0 Å². The van der Waals surface area contributed by atoms with Crippen LogP contribution in [-0.2, 0) is 6.42 Å². The van der Waals surface area contributed by atoms with E-state index in [1.54, 1.807) is 23.2 Å². The molecule has 3 nitrogen and oxygen atoms in total. The van der Waals surface area contributed by atoms with Crippen molar-refractivity contribution in [3.05, 3.63) is 57.3 Å². The van der Waals surface area contributed by atoms with Gasteiger partial charge in [0.2, 0.25) is 0 Å². The maximum atomic E-state index is 12.4. The molecule has 0 saturated heterocycles. The van der Waals surface area contributed by atoms with Crippen LogP contribution in [-0.4, -0.2) is 17.4 Å². The lowest BCUT2D eigenvalue weighted by molar-refractivity contribution is 0.0984. The number of benzene rings is 1. The lowest BCUT2D eigenvalue weighted by atomic mass is 10.2. The van der Waals surface area contributed by atoms with E-state index in [9.17, 15) is 4.79 Å². The predicted octanol–water partition coefficient (Wildman–Crippen LogP) is 3.70. The molecule has 3 rings (SSSR count). The van der Waals surface area contributed by atoms with E-state index in [1.165, 1.54) is 5.56 Å². The molecule has 0 fully saturated rings. The Kier molecular flexibility index (Phi) is 3.29. The van der Waals surface area contributed by atoms with Gasteiger partial charge in [-0.1, -0.05) is 27.5 Å². The highest BCUT2D eigenvalue weighted by Gasteiger charge is 2.26. The number of aromatic nitrogens is 1. The molecule has 5 heteroatoms. The first-order valence-electron chi connectivity index (χ1n) is 5.87. The summed E-state index contributed by atoms with van der Waals surface area (Å²) in [4.78, 5) is 18.3. The van der Waals surface area contributed by atoms with E-state index in [4.69, 9.17) is 11.6 Å². The fourth-order valence-corrected chi connectivity index (χ4v) is 2.81. The zero-order valence-corrected chi connectivity index (χ0v) is 12.3. The Bertz CT molecular complexity index is 660. The summed E-state index contributed by atoms with van der Waals surface area (Å²) in [6.07, 6.45) is 2.41. The van der Waals surface area contributed by atoms with E-state index in [2.05, 4.69) is 20.9 Å². The van der Waals surface area contributed by atoms with Crippen LogP contribution < -0.4 is 4.90 Å². The second kappa shape index (κ2) is 4.94. The minimum absolute atomic E-state index is 0.108. The Labute approximate surface area is 124 Å². The number of anilines is 1. The fourth-order valence-electron chi connectivity index (χ4n) is 2.24. The zero-order chi connectivity index (χ0) is 13.4. The first kappa shape index (κ1) is 12.6. The molecule has 0 spiro atoms. The van der Waals surface area contributed by atoms with Gasteiger partial charge in [-0.3, -0.25) is 9.78 Å². The van der Waals surface area contributed by atoms with E-state index < -0.39 is 0 Å². The first-order chi connectivity index (χ1) is 9.15. The smallest absolute Gasteiger partial charge is 0.276 e. The van der Waals surface area contributed by atoms with Crippen LogP contribution in [0.25, 0.3) is 0 Å². The molecule has 0 saturated carbocycles. The number of amides is 1. The molecule has 1 amide bonds. The molecule has 2 heterocycles. The van der Waals surface area contributed by atoms with Crippen molar-refractivity contribution in [2.24, 2.45) is 0 Å². The van der Waals surface area contributed by atoms with Crippen molar-refractivity contribution in [2.45, 2.75) is 6.42 Å². The molecule has 0 unspecified atom stereocenters. The average Bonchev–Trinajstić information content (AvgIpc) is 2.80. The summed E-state index contributed by atoms with van der Waals surface area (Å²) in [5.74, 6) is -0.108. The normalized spacial score (nSPS) is 13.5. The monoisotopic (exact) mass is 336 g/mol. The van der Waals surface area contributed by atoms with Gasteiger partial charge in [0.05, 0.1) is 0 Å². The van der Waals surface area contributed by atoms with Gasteiger partial charge >= 0.3 is 0 Å². The van der Waals surface area contributed by atoms with Crippen LogP contribution in [0.1, 0.15) is 16.1 Å². The van der Waals surface area contributed by atoms with Crippen LogP contribution in [0.5, 0.6) is 0 Å². The number of hydrogen-bond acceptors (Lipinski definition) is 2. The van der Waals surface area contributed by atoms with Crippen LogP contribution in [0.4, 0.5) is 5.69 Å². The number of carbonyl (C=O) groups is 1. The van der Waals surface area contributed by atoms with Gasteiger partial charge in [0.1, 0.15) is 5.69 Å². The highest BCUT2D eigenvalue weighted by atomic mass is 79.9. The van der Waals surface area contributed by atoms with Crippen LogP contribution in [0.15, 0.2) is 41.0 Å². The van der Waals surface area contributed by atoms with Gasteiger partial charge in [-0.25, -0.2) is 0 Å². The molecule has 1 aliphatic heterocycles. The van der Waals surface area contributed by atoms with Crippen LogP contribution in [0.2, 0.25) is 5.02 Å². The minimum Gasteiger partial charge on any atom is -0.306 e. The van der Waals surface area contributed by atoms with E-state index in [0.29, 0.717) is 17.3 Å². The number of rotatable bonds is 1. The average molecular weight is 338 g/mol. The van der Waals surface area contributed by atoms with Gasteiger partial charge in [-0.05, 0) is 42.3 Å². The van der Waals surface area contributed by atoms with Crippen LogP contribution >= 0.6 is 27.5 Å². The van der Waals surface area contributed by atoms with Gasteiger partial charge in [-0.2, -0.15) is 0 Å². The molecule has 0 atom stereocenters. The summed E-state index contributed by atoms with van der Waals surface area (Å²) in [6.45, 7) is 0.679. The second-order valence-corrected chi connectivity index (χ2v) is 5.69. The Hall–Kier alpha value is -1.39. The predicted molar refractivity (Wildman–Crippen MR) is 78.8 cm³/mol. The van der Waals surface area contributed by atoms with Crippen LogP contribution in [0.3, 0.4) is 0 Å². The topological polar surface area (TPSA) is 33.2 Å². The number of nitrogens with zero attached hydrogens (tertiary/aromatic N) is 2. The number of halogens is 2. The SMILES string of the molecule is O=C(c1cc(Cl)ccn1)N1CCc2cc(Br)ccc21. The highest BCUT2D eigenvalue weighted by Crippen LogP contribution is 2.31. The lowest BCUT2D eigenvalue weighted by Crippen LogP contribution is -2.29. The van der Waals surface area contributed by atoms with Gasteiger partial charge in [0, 0.05) is 27.9 Å². The second-order valence-electron chi connectivity index (χ2n) is 4.34. The fraction of sp³-hybridized carbons (Fsp3) is 0.143. The summed E-state index contributed by atoms with van der Waals surface area (Å²) in [7, 11) is 0. The number of fused-ring (bicyclic) bond motifs is 1. The maximum absolute atomic E-state index is 12.4. The summed E-state index contributed by atoms with van der Waals surface area (Å²) in [5.41, 5.74) is 2.50. The molecular weight excluding hydrogens is 328 g/mol. The maximum Gasteiger partial charge on any atom is 0.276 e.